The quantitative estimate of drug-likeness (QED) is 0.328. The summed E-state index contributed by atoms with van der Waals surface area (Å²) in [5.41, 5.74) is 5.30. The van der Waals surface area contributed by atoms with Gasteiger partial charge in [0.05, 0.1) is 12.0 Å². The summed E-state index contributed by atoms with van der Waals surface area (Å²) in [6.07, 6.45) is 2.24. The largest absolute Gasteiger partial charge is 0.337 e. The van der Waals surface area contributed by atoms with Crippen LogP contribution in [-0.4, -0.2) is 18.7 Å². The van der Waals surface area contributed by atoms with Crippen molar-refractivity contribution in [3.8, 4) is 5.69 Å². The molecule has 2 aromatic heterocycles. The highest BCUT2D eigenvalue weighted by Gasteiger charge is 2.19. The lowest BCUT2D eigenvalue weighted by Crippen LogP contribution is -2.40. The van der Waals surface area contributed by atoms with E-state index in [4.69, 9.17) is 0 Å². The van der Waals surface area contributed by atoms with Gasteiger partial charge in [0.25, 0.3) is 5.56 Å². The van der Waals surface area contributed by atoms with E-state index in [0.29, 0.717) is 35.7 Å². The van der Waals surface area contributed by atoms with Gasteiger partial charge in [0.1, 0.15) is 0 Å². The molecule has 0 atom stereocenters. The topological polar surface area (TPSA) is 61.8 Å². The molecule has 5 rings (SSSR count). The molecule has 0 unspecified atom stereocenters. The molecule has 3 aromatic carbocycles. The van der Waals surface area contributed by atoms with E-state index in [1.165, 1.54) is 10.1 Å². The van der Waals surface area contributed by atoms with Crippen molar-refractivity contribution in [3.05, 3.63) is 128 Å². The third kappa shape index (κ3) is 4.54. The van der Waals surface area contributed by atoms with Crippen LogP contribution >= 0.6 is 0 Å². The van der Waals surface area contributed by atoms with Crippen LogP contribution in [-0.2, 0) is 19.5 Å². The summed E-state index contributed by atoms with van der Waals surface area (Å²) in [6, 6.07) is 26.0. The number of hydrogen-bond donors (Lipinski definition) is 0. The molecule has 6 nitrogen and oxygen atoms in total. The van der Waals surface area contributed by atoms with Gasteiger partial charge >= 0.3 is 5.69 Å². The molecule has 182 valence electrons. The van der Waals surface area contributed by atoms with Crippen molar-refractivity contribution in [3.63, 3.8) is 0 Å². The fourth-order valence-electron chi connectivity index (χ4n) is 4.63. The van der Waals surface area contributed by atoms with Crippen LogP contribution in [0.2, 0.25) is 0 Å². The summed E-state index contributed by atoms with van der Waals surface area (Å²) in [4.78, 5) is 32.0. The Balaban J connectivity index is 1.68. The highest BCUT2D eigenvalue weighted by Crippen LogP contribution is 2.19. The summed E-state index contributed by atoms with van der Waals surface area (Å²) in [5.74, 6) is 0.379. The Morgan fingerprint density at radius 1 is 0.861 bits per heavy atom. The van der Waals surface area contributed by atoms with Crippen molar-refractivity contribution in [2.75, 3.05) is 0 Å². The van der Waals surface area contributed by atoms with Gasteiger partial charge in [-0.2, -0.15) is 0 Å². The zero-order chi connectivity index (χ0) is 25.2. The maximum atomic E-state index is 13.7. The third-order valence-electron chi connectivity index (χ3n) is 6.62. The van der Waals surface area contributed by atoms with Crippen LogP contribution in [0.5, 0.6) is 0 Å². The predicted octanol–water partition coefficient (Wildman–Crippen LogP) is 5.07. The third-order valence-corrected chi connectivity index (χ3v) is 6.62. The first-order chi connectivity index (χ1) is 17.4. The maximum absolute atomic E-state index is 13.7. The van der Waals surface area contributed by atoms with Crippen LogP contribution in [0.15, 0.2) is 94.8 Å². The van der Waals surface area contributed by atoms with Crippen molar-refractivity contribution >= 4 is 11.2 Å². The number of hydrogen-bond acceptors (Lipinski definition) is 3. The second-order valence-electron chi connectivity index (χ2n) is 9.59. The fourth-order valence-corrected chi connectivity index (χ4v) is 4.63. The molecule has 0 radical (unpaired) electrons. The minimum atomic E-state index is -0.374. The first kappa shape index (κ1) is 23.5. The lowest BCUT2D eigenvalue weighted by molar-refractivity contribution is 0.615. The van der Waals surface area contributed by atoms with E-state index in [9.17, 15) is 9.59 Å². The molecule has 36 heavy (non-hydrogen) atoms. The van der Waals surface area contributed by atoms with E-state index < -0.39 is 0 Å². The normalized spacial score (nSPS) is 11.4. The van der Waals surface area contributed by atoms with Gasteiger partial charge in [-0.25, -0.2) is 14.3 Å². The van der Waals surface area contributed by atoms with Crippen LogP contribution in [0, 0.1) is 6.92 Å². The zero-order valence-corrected chi connectivity index (χ0v) is 20.9. The predicted molar refractivity (Wildman–Crippen MR) is 144 cm³/mol. The lowest BCUT2D eigenvalue weighted by atomic mass is 10.0. The van der Waals surface area contributed by atoms with Gasteiger partial charge in [0.2, 0.25) is 0 Å². The van der Waals surface area contributed by atoms with Crippen molar-refractivity contribution in [1.82, 2.24) is 18.7 Å². The molecule has 6 heteroatoms. The molecule has 0 bridgehead atoms. The van der Waals surface area contributed by atoms with E-state index in [1.54, 1.807) is 10.9 Å². The molecule has 0 fully saturated rings. The monoisotopic (exact) mass is 478 g/mol. The lowest BCUT2D eigenvalue weighted by Gasteiger charge is -2.14. The van der Waals surface area contributed by atoms with Gasteiger partial charge in [0, 0.05) is 13.1 Å². The van der Waals surface area contributed by atoms with E-state index in [2.05, 4.69) is 24.9 Å². The van der Waals surface area contributed by atoms with Gasteiger partial charge < -0.3 is 4.57 Å². The van der Waals surface area contributed by atoms with E-state index >= 15 is 0 Å². The summed E-state index contributed by atoms with van der Waals surface area (Å²) in [5, 5.41) is 0. The van der Waals surface area contributed by atoms with Crippen LogP contribution in [0.4, 0.5) is 0 Å². The number of nitrogens with zero attached hydrogens (tertiary/aromatic N) is 4. The molecule has 5 aromatic rings. The number of fused-ring (bicyclic) bond motifs is 1. The second kappa shape index (κ2) is 9.82. The van der Waals surface area contributed by atoms with Crippen molar-refractivity contribution < 1.29 is 0 Å². The Hall–Kier alpha value is -4.19. The molecule has 0 spiro atoms. The van der Waals surface area contributed by atoms with Crippen LogP contribution in [0.25, 0.3) is 16.9 Å². The highest BCUT2D eigenvalue weighted by molar-refractivity contribution is 5.72. The first-order valence-electron chi connectivity index (χ1n) is 12.3. The molecular weight excluding hydrogens is 448 g/mol. The molecule has 0 amide bonds. The average Bonchev–Trinajstić information content (AvgIpc) is 3.28. The number of aromatic nitrogens is 4. The SMILES string of the molecule is Cc1cccc(Cn2cnc3c2c(=O)n(CCc2ccccc2)c(=O)n3-c2ccc(C(C)C)cc2)c1. The summed E-state index contributed by atoms with van der Waals surface area (Å²) >= 11 is 0. The molecule has 0 saturated heterocycles. The number of imidazole rings is 1. The molecule has 0 saturated carbocycles. The van der Waals surface area contributed by atoms with E-state index in [-0.39, 0.29) is 17.8 Å². The maximum Gasteiger partial charge on any atom is 0.337 e. The van der Waals surface area contributed by atoms with Crippen LogP contribution in [0.3, 0.4) is 0 Å². The highest BCUT2D eigenvalue weighted by atomic mass is 16.2. The van der Waals surface area contributed by atoms with Crippen LogP contribution in [0.1, 0.15) is 42.0 Å². The molecule has 0 aliphatic carbocycles. The zero-order valence-electron chi connectivity index (χ0n) is 20.9. The number of benzene rings is 3. The summed E-state index contributed by atoms with van der Waals surface area (Å²) in [7, 11) is 0. The van der Waals surface area contributed by atoms with Crippen molar-refractivity contribution in [1.29, 1.82) is 0 Å². The fraction of sp³-hybridized carbons (Fsp3) is 0.233. The first-order valence-corrected chi connectivity index (χ1v) is 12.3. The summed E-state index contributed by atoms with van der Waals surface area (Å²) < 4.78 is 4.77. The number of rotatable bonds is 7. The number of aryl methyl sites for hydroxylation is 2. The summed E-state index contributed by atoms with van der Waals surface area (Å²) in [6.45, 7) is 7.10. The van der Waals surface area contributed by atoms with Gasteiger partial charge in [0.15, 0.2) is 11.2 Å². The molecule has 0 N–H and O–H groups in total. The Bertz CT molecular complexity index is 1620. The van der Waals surface area contributed by atoms with Crippen molar-refractivity contribution in [2.24, 2.45) is 0 Å². The molecule has 0 aliphatic rings. The Kier molecular flexibility index (Phi) is 6.42. The minimum absolute atomic E-state index is 0.289. The van der Waals surface area contributed by atoms with Crippen molar-refractivity contribution in [2.45, 2.75) is 46.2 Å². The minimum Gasteiger partial charge on any atom is -0.320 e. The smallest absolute Gasteiger partial charge is 0.320 e. The Morgan fingerprint density at radius 3 is 2.28 bits per heavy atom. The standard InChI is InChI=1S/C30H30N4O2/c1-21(2)25-12-14-26(15-13-25)34-28-27(32(20-31-28)19-24-11-7-8-22(3)18-24)29(35)33(30(34)36)17-16-23-9-5-4-6-10-23/h4-15,18,20-21H,16-17,19H2,1-3H3. The molecule has 0 aliphatic heterocycles. The second-order valence-corrected chi connectivity index (χ2v) is 9.59. The Labute approximate surface area is 210 Å². The van der Waals surface area contributed by atoms with E-state index in [0.717, 1.165) is 16.7 Å². The molecule has 2 heterocycles. The van der Waals surface area contributed by atoms with Gasteiger partial charge in [-0.3, -0.25) is 9.36 Å². The van der Waals surface area contributed by atoms with Crippen LogP contribution < -0.4 is 11.2 Å². The molecular formula is C30H30N4O2. The van der Waals surface area contributed by atoms with Gasteiger partial charge in [-0.1, -0.05) is 86.1 Å². The Morgan fingerprint density at radius 2 is 1.58 bits per heavy atom. The van der Waals surface area contributed by atoms with E-state index in [1.807, 2.05) is 84.3 Å². The van der Waals surface area contributed by atoms with Gasteiger partial charge in [-0.05, 0) is 48.1 Å². The average molecular weight is 479 g/mol. The van der Waals surface area contributed by atoms with Gasteiger partial charge in [-0.15, -0.1) is 0 Å².